The van der Waals surface area contributed by atoms with E-state index in [0.29, 0.717) is 11.8 Å². The average molecular weight is 746 g/mol. The molecule has 11 rings (SSSR count). The van der Waals surface area contributed by atoms with Gasteiger partial charge in [-0.25, -0.2) is 0 Å². The van der Waals surface area contributed by atoms with E-state index in [0.717, 1.165) is 17.8 Å². The van der Waals surface area contributed by atoms with Crippen molar-refractivity contribution in [2.45, 2.75) is 127 Å². The van der Waals surface area contributed by atoms with Crippen LogP contribution >= 0.6 is 0 Å². The van der Waals surface area contributed by atoms with Crippen molar-refractivity contribution in [3.63, 3.8) is 0 Å². The van der Waals surface area contributed by atoms with E-state index in [9.17, 15) is 0 Å². The van der Waals surface area contributed by atoms with Gasteiger partial charge >= 0.3 is 0 Å². The fourth-order valence-electron chi connectivity index (χ4n) is 12.8. The first-order valence-electron chi connectivity index (χ1n) is 22.8. The highest BCUT2D eigenvalue weighted by Gasteiger charge is 2.41. The summed E-state index contributed by atoms with van der Waals surface area (Å²) in [6.45, 7) is 4.90. The van der Waals surface area contributed by atoms with Crippen LogP contribution in [0, 0.1) is 11.8 Å². The van der Waals surface area contributed by atoms with E-state index in [1.54, 1.807) is 11.1 Å². The summed E-state index contributed by atoms with van der Waals surface area (Å²) in [4.78, 5) is 2.65. The number of benzene rings is 6. The van der Waals surface area contributed by atoms with Gasteiger partial charge in [-0.1, -0.05) is 150 Å². The van der Waals surface area contributed by atoms with Crippen LogP contribution < -0.4 is 4.90 Å². The SMILES string of the molecule is CC1(C)c2ccccc2-c2c(-c3ccc(C4CCCCC4)cc3)cc(N(c3ccc(C4CC5CCC4C5)cc3)c3cccc4cccc(C5CCCCC5)c34)cc21. The van der Waals surface area contributed by atoms with Crippen LogP contribution in [0.25, 0.3) is 33.0 Å². The van der Waals surface area contributed by atoms with Crippen LogP contribution in [0.3, 0.4) is 0 Å². The molecule has 0 aliphatic heterocycles. The van der Waals surface area contributed by atoms with E-state index in [4.69, 9.17) is 0 Å². The summed E-state index contributed by atoms with van der Waals surface area (Å²) >= 11 is 0. The second-order valence-electron chi connectivity index (χ2n) is 19.3. The Morgan fingerprint density at radius 1 is 0.526 bits per heavy atom. The molecule has 57 heavy (non-hydrogen) atoms. The van der Waals surface area contributed by atoms with Gasteiger partial charge in [-0.2, -0.15) is 0 Å². The van der Waals surface area contributed by atoms with Gasteiger partial charge in [0, 0.05) is 22.2 Å². The lowest BCUT2D eigenvalue weighted by molar-refractivity contribution is 0.420. The minimum absolute atomic E-state index is 0.123. The fraction of sp³-hybridized carbons (Fsp3) is 0.393. The minimum Gasteiger partial charge on any atom is -0.310 e. The number of fused-ring (bicyclic) bond motifs is 6. The quantitative estimate of drug-likeness (QED) is 0.157. The third-order valence-electron chi connectivity index (χ3n) is 15.7. The number of hydrogen-bond donors (Lipinski definition) is 0. The molecule has 0 radical (unpaired) electrons. The summed E-state index contributed by atoms with van der Waals surface area (Å²) in [5.74, 6) is 3.86. The molecule has 1 heteroatoms. The van der Waals surface area contributed by atoms with Crippen LogP contribution in [0.5, 0.6) is 0 Å². The van der Waals surface area contributed by atoms with Crippen molar-refractivity contribution < 1.29 is 0 Å². The van der Waals surface area contributed by atoms with E-state index >= 15 is 0 Å². The zero-order valence-corrected chi connectivity index (χ0v) is 34.3. The lowest BCUT2D eigenvalue weighted by Gasteiger charge is -2.32. The maximum absolute atomic E-state index is 2.65. The highest BCUT2D eigenvalue weighted by Crippen LogP contribution is 2.56. The van der Waals surface area contributed by atoms with Crippen LogP contribution in [0.1, 0.15) is 149 Å². The van der Waals surface area contributed by atoms with Crippen molar-refractivity contribution >= 4 is 27.8 Å². The van der Waals surface area contributed by atoms with Gasteiger partial charge in [0.1, 0.15) is 0 Å². The molecule has 0 spiro atoms. The third kappa shape index (κ3) is 6.09. The monoisotopic (exact) mass is 745 g/mol. The van der Waals surface area contributed by atoms with Crippen LogP contribution in [-0.2, 0) is 5.41 Å². The van der Waals surface area contributed by atoms with E-state index in [1.807, 2.05) is 0 Å². The third-order valence-corrected chi connectivity index (χ3v) is 15.7. The predicted octanol–water partition coefficient (Wildman–Crippen LogP) is 16.3. The molecule has 3 unspecified atom stereocenters. The minimum atomic E-state index is -0.123. The normalized spacial score (nSPS) is 22.8. The Labute approximate surface area is 341 Å². The molecule has 6 aromatic rings. The average Bonchev–Trinajstić information content (AvgIpc) is 3.97. The van der Waals surface area contributed by atoms with Crippen LogP contribution in [0.15, 0.2) is 121 Å². The molecule has 2 bridgehead atoms. The zero-order valence-electron chi connectivity index (χ0n) is 34.3. The molecule has 4 fully saturated rings. The Bertz CT molecular complexity index is 2410. The van der Waals surface area contributed by atoms with Gasteiger partial charge in [-0.15, -0.1) is 0 Å². The summed E-state index contributed by atoms with van der Waals surface area (Å²) in [5, 5.41) is 2.79. The van der Waals surface area contributed by atoms with Gasteiger partial charge in [-0.05, 0) is 160 Å². The van der Waals surface area contributed by atoms with Gasteiger partial charge in [0.05, 0.1) is 5.69 Å². The molecular weight excluding hydrogens is 687 g/mol. The van der Waals surface area contributed by atoms with Crippen LogP contribution in [0.4, 0.5) is 17.1 Å². The molecule has 0 aromatic heterocycles. The molecular formula is C56H59N. The van der Waals surface area contributed by atoms with Crippen molar-refractivity contribution in [1.29, 1.82) is 0 Å². The first-order valence-corrected chi connectivity index (χ1v) is 22.8. The van der Waals surface area contributed by atoms with Gasteiger partial charge in [-0.3, -0.25) is 0 Å². The molecule has 3 atom stereocenters. The number of anilines is 3. The van der Waals surface area contributed by atoms with E-state index < -0.39 is 0 Å². The lowest BCUT2D eigenvalue weighted by atomic mass is 9.80. The largest absolute Gasteiger partial charge is 0.310 e. The molecule has 0 amide bonds. The zero-order chi connectivity index (χ0) is 38.1. The van der Waals surface area contributed by atoms with E-state index in [-0.39, 0.29) is 5.41 Å². The van der Waals surface area contributed by atoms with E-state index in [1.165, 1.54) is 157 Å². The highest BCUT2D eigenvalue weighted by molar-refractivity contribution is 6.03. The molecule has 5 aliphatic carbocycles. The van der Waals surface area contributed by atoms with Gasteiger partial charge in [0.2, 0.25) is 0 Å². The van der Waals surface area contributed by atoms with Crippen LogP contribution in [0.2, 0.25) is 0 Å². The smallest absolute Gasteiger partial charge is 0.0542 e. The highest BCUT2D eigenvalue weighted by atomic mass is 15.1. The van der Waals surface area contributed by atoms with Crippen molar-refractivity contribution in [2.75, 3.05) is 4.90 Å². The summed E-state index contributed by atoms with van der Waals surface area (Å²) in [6, 6.07) is 48.3. The molecule has 6 aromatic carbocycles. The molecule has 5 aliphatic rings. The van der Waals surface area contributed by atoms with Crippen molar-refractivity contribution in [1.82, 2.24) is 0 Å². The lowest BCUT2D eigenvalue weighted by Crippen LogP contribution is -2.17. The standard InChI is InChI=1S/C56H59N/c1-56(2)51-21-10-9-19-48(51)55-50(42-27-25-39(26-28-42)38-13-5-3-6-14-38)35-46(36-52(55)56)57(45-31-29-41(30-32-45)49-34-37-23-24-44(49)33-37)53-22-12-18-43-17-11-20-47(54(43)53)40-15-7-4-8-16-40/h9-12,17-22,25-32,35-38,40,44,49H,3-8,13-16,23-24,33-34H2,1-2H3. The predicted molar refractivity (Wildman–Crippen MR) is 241 cm³/mol. The molecule has 0 heterocycles. The van der Waals surface area contributed by atoms with Crippen molar-refractivity contribution in [3.05, 3.63) is 149 Å². The van der Waals surface area contributed by atoms with Gasteiger partial charge in [0.15, 0.2) is 0 Å². The molecule has 288 valence electrons. The van der Waals surface area contributed by atoms with E-state index in [2.05, 4.69) is 140 Å². The first kappa shape index (κ1) is 35.5. The first-order chi connectivity index (χ1) is 28.0. The van der Waals surface area contributed by atoms with Crippen molar-refractivity contribution in [3.8, 4) is 22.3 Å². The van der Waals surface area contributed by atoms with Crippen LogP contribution in [-0.4, -0.2) is 0 Å². The Hall–Kier alpha value is -4.62. The second-order valence-corrected chi connectivity index (χ2v) is 19.3. The summed E-state index contributed by atoms with van der Waals surface area (Å²) in [5.41, 5.74) is 16.7. The number of nitrogens with zero attached hydrogens (tertiary/aromatic N) is 1. The summed E-state index contributed by atoms with van der Waals surface area (Å²) in [7, 11) is 0. The molecule has 1 nitrogen and oxygen atoms in total. The van der Waals surface area contributed by atoms with Gasteiger partial charge < -0.3 is 4.90 Å². The Balaban J connectivity index is 1.12. The topological polar surface area (TPSA) is 3.24 Å². The summed E-state index contributed by atoms with van der Waals surface area (Å²) in [6.07, 6.45) is 19.1. The Kier molecular flexibility index (Phi) is 8.94. The molecule has 0 N–H and O–H groups in total. The summed E-state index contributed by atoms with van der Waals surface area (Å²) < 4.78 is 0. The Morgan fingerprint density at radius 3 is 1.95 bits per heavy atom. The molecule has 4 saturated carbocycles. The van der Waals surface area contributed by atoms with Crippen molar-refractivity contribution in [2.24, 2.45) is 11.8 Å². The second kappa shape index (κ2) is 14.3. The maximum atomic E-state index is 2.65. The number of hydrogen-bond acceptors (Lipinski definition) is 1. The Morgan fingerprint density at radius 2 is 1.23 bits per heavy atom. The number of rotatable bonds is 7. The molecule has 0 saturated heterocycles. The maximum Gasteiger partial charge on any atom is 0.0542 e. The van der Waals surface area contributed by atoms with Gasteiger partial charge in [0.25, 0.3) is 0 Å². The fourth-order valence-corrected chi connectivity index (χ4v) is 12.8.